The summed E-state index contributed by atoms with van der Waals surface area (Å²) in [6.07, 6.45) is -0.167. The molecule has 2 amide bonds. The molecule has 0 bridgehead atoms. The summed E-state index contributed by atoms with van der Waals surface area (Å²) in [4.78, 5) is 12.9. The fraction of sp³-hybridized carbons (Fsp3) is 0.727. The third-order valence-corrected chi connectivity index (χ3v) is 3.56. The number of nitrogens with one attached hydrogen (secondary N) is 1. The number of ether oxygens (including phenoxy) is 1. The number of urea groups is 1. The summed E-state index contributed by atoms with van der Waals surface area (Å²) in [6, 6.07) is -0.547. The molecule has 6 N–H and O–H groups in total. The van der Waals surface area contributed by atoms with E-state index in [2.05, 4.69) is 5.32 Å². The van der Waals surface area contributed by atoms with Gasteiger partial charge in [-0.3, -0.25) is 4.90 Å². The largest absolute Gasteiger partial charge is 0.393 e. The van der Waals surface area contributed by atoms with E-state index in [-0.39, 0.29) is 0 Å². The number of rotatable bonds is 2. The van der Waals surface area contributed by atoms with Crippen LogP contribution in [0.5, 0.6) is 0 Å². The summed E-state index contributed by atoms with van der Waals surface area (Å²) in [5.41, 5.74) is 2.46. The molecule has 0 radical (unpaired) electrons. The summed E-state index contributed by atoms with van der Waals surface area (Å²) in [5, 5.41) is 32.2. The van der Waals surface area contributed by atoms with Crippen LogP contribution in [-0.2, 0) is 4.74 Å². The fourth-order valence-corrected chi connectivity index (χ4v) is 2.36. The van der Waals surface area contributed by atoms with Crippen LogP contribution in [-0.4, -0.2) is 62.6 Å². The lowest BCUT2D eigenvalue weighted by Crippen LogP contribution is -2.59. The highest BCUT2D eigenvalue weighted by molar-refractivity contribution is 5.77. The second-order valence-electron chi connectivity index (χ2n) is 5.29. The SMILES string of the molecule is C[C@]1(O)[C@H](N2C=CC(N)NC2=O)O[C@](C)(CO)[C@H]1O. The summed E-state index contributed by atoms with van der Waals surface area (Å²) < 4.78 is 5.49. The highest BCUT2D eigenvalue weighted by Crippen LogP contribution is 2.40. The summed E-state index contributed by atoms with van der Waals surface area (Å²) in [6.45, 7) is 2.32. The first-order valence-electron chi connectivity index (χ1n) is 5.94. The number of hydrogen-bond acceptors (Lipinski definition) is 6. The molecule has 0 aromatic carbocycles. The van der Waals surface area contributed by atoms with Crippen molar-refractivity contribution >= 4 is 6.03 Å². The Morgan fingerprint density at radius 1 is 1.58 bits per heavy atom. The second kappa shape index (κ2) is 4.43. The van der Waals surface area contributed by atoms with Crippen molar-refractivity contribution in [2.75, 3.05) is 6.61 Å². The predicted octanol–water partition coefficient (Wildman–Crippen LogP) is -1.97. The minimum atomic E-state index is -1.72. The van der Waals surface area contributed by atoms with E-state index in [1.165, 1.54) is 26.1 Å². The van der Waals surface area contributed by atoms with Gasteiger partial charge in [-0.25, -0.2) is 4.79 Å². The number of carbonyl (C=O) groups is 1. The zero-order valence-corrected chi connectivity index (χ0v) is 10.8. The molecule has 5 atom stereocenters. The lowest BCUT2D eigenvalue weighted by atomic mass is 9.89. The van der Waals surface area contributed by atoms with E-state index in [1.807, 2.05) is 0 Å². The Labute approximate surface area is 110 Å². The highest BCUT2D eigenvalue weighted by Gasteiger charge is 2.61. The van der Waals surface area contributed by atoms with Crippen LogP contribution >= 0.6 is 0 Å². The maximum atomic E-state index is 11.8. The molecule has 8 heteroatoms. The highest BCUT2D eigenvalue weighted by atomic mass is 16.6. The first kappa shape index (κ1) is 14.2. The zero-order chi connectivity index (χ0) is 14.4. The molecule has 0 aromatic heterocycles. The third kappa shape index (κ3) is 2.11. The lowest BCUT2D eigenvalue weighted by Gasteiger charge is -2.35. The smallest absolute Gasteiger partial charge is 0.325 e. The number of amides is 2. The Morgan fingerprint density at radius 3 is 2.68 bits per heavy atom. The van der Waals surface area contributed by atoms with E-state index in [0.29, 0.717) is 0 Å². The van der Waals surface area contributed by atoms with E-state index in [9.17, 15) is 20.1 Å². The topological polar surface area (TPSA) is 128 Å². The molecule has 19 heavy (non-hydrogen) atoms. The number of nitrogens with two attached hydrogens (primary N) is 1. The van der Waals surface area contributed by atoms with Crippen LogP contribution in [0, 0.1) is 0 Å². The first-order chi connectivity index (χ1) is 8.72. The van der Waals surface area contributed by atoms with Crippen LogP contribution < -0.4 is 11.1 Å². The number of aliphatic hydroxyl groups excluding tert-OH is 2. The van der Waals surface area contributed by atoms with Crippen molar-refractivity contribution in [3.63, 3.8) is 0 Å². The predicted molar refractivity (Wildman–Crippen MR) is 64.5 cm³/mol. The van der Waals surface area contributed by atoms with Crippen molar-refractivity contribution in [2.45, 2.75) is 43.5 Å². The molecule has 0 saturated carbocycles. The maximum absolute atomic E-state index is 11.8. The normalized spacial score (nSPS) is 46.5. The summed E-state index contributed by atoms with van der Waals surface area (Å²) in [5.74, 6) is 0. The average molecular weight is 273 g/mol. The van der Waals surface area contributed by atoms with Crippen LogP contribution in [0.1, 0.15) is 13.8 Å². The van der Waals surface area contributed by atoms with Gasteiger partial charge in [0.15, 0.2) is 6.23 Å². The monoisotopic (exact) mass is 273 g/mol. The minimum absolute atomic E-state index is 0.487. The Balaban J connectivity index is 2.30. The van der Waals surface area contributed by atoms with Gasteiger partial charge in [0, 0.05) is 6.20 Å². The Kier molecular flexibility index (Phi) is 3.31. The molecule has 0 aliphatic carbocycles. The van der Waals surface area contributed by atoms with Crippen LogP contribution in [0.3, 0.4) is 0 Å². The molecule has 2 aliphatic rings. The van der Waals surface area contributed by atoms with E-state index in [0.717, 1.165) is 4.90 Å². The molecule has 8 nitrogen and oxygen atoms in total. The number of nitrogens with zero attached hydrogens (tertiary/aromatic N) is 1. The zero-order valence-electron chi connectivity index (χ0n) is 10.8. The molecule has 1 fully saturated rings. The van der Waals surface area contributed by atoms with E-state index < -0.39 is 42.3 Å². The Morgan fingerprint density at radius 2 is 2.21 bits per heavy atom. The van der Waals surface area contributed by atoms with Crippen molar-refractivity contribution in [1.29, 1.82) is 0 Å². The molecule has 1 saturated heterocycles. The molecule has 2 rings (SSSR count). The van der Waals surface area contributed by atoms with Crippen LogP contribution in [0.4, 0.5) is 4.79 Å². The van der Waals surface area contributed by atoms with Crippen molar-refractivity contribution in [3.05, 3.63) is 12.3 Å². The fourth-order valence-electron chi connectivity index (χ4n) is 2.36. The van der Waals surface area contributed by atoms with Crippen LogP contribution in [0.2, 0.25) is 0 Å². The molecule has 0 spiro atoms. The number of carbonyl (C=O) groups excluding carboxylic acids is 1. The maximum Gasteiger partial charge on any atom is 0.325 e. The van der Waals surface area contributed by atoms with Gasteiger partial charge in [-0.2, -0.15) is 0 Å². The number of aliphatic hydroxyl groups is 3. The molecule has 108 valence electrons. The average Bonchev–Trinajstić information content (AvgIpc) is 2.51. The number of hydrogen-bond donors (Lipinski definition) is 5. The summed E-state index contributed by atoms with van der Waals surface area (Å²) in [7, 11) is 0. The van der Waals surface area contributed by atoms with Gasteiger partial charge in [0.2, 0.25) is 0 Å². The lowest BCUT2D eigenvalue weighted by molar-refractivity contribution is -0.128. The molecule has 2 aliphatic heterocycles. The van der Waals surface area contributed by atoms with Crippen molar-refractivity contribution in [3.8, 4) is 0 Å². The molecular weight excluding hydrogens is 254 g/mol. The minimum Gasteiger partial charge on any atom is -0.393 e. The molecule has 2 heterocycles. The van der Waals surface area contributed by atoms with Crippen molar-refractivity contribution in [1.82, 2.24) is 10.2 Å². The standard InChI is InChI=1S/C11H19N3O5/c1-10(5-15)7(16)11(2,18)8(19-10)14-4-3-6(12)13-9(14)17/h3-4,6-8,15-16,18H,5,12H2,1-2H3,(H,13,17)/t6?,7-,8-,10-,11-/m1/s1. The third-order valence-electron chi connectivity index (χ3n) is 3.56. The van der Waals surface area contributed by atoms with Crippen LogP contribution in [0.15, 0.2) is 12.3 Å². The van der Waals surface area contributed by atoms with Gasteiger partial charge in [-0.15, -0.1) is 0 Å². The van der Waals surface area contributed by atoms with E-state index in [1.54, 1.807) is 0 Å². The van der Waals surface area contributed by atoms with E-state index in [4.69, 9.17) is 10.5 Å². The second-order valence-corrected chi connectivity index (χ2v) is 5.29. The van der Waals surface area contributed by atoms with E-state index >= 15 is 0 Å². The van der Waals surface area contributed by atoms with Gasteiger partial charge in [0.25, 0.3) is 0 Å². The van der Waals surface area contributed by atoms with Gasteiger partial charge in [-0.05, 0) is 19.9 Å². The Hall–Kier alpha value is -1.19. The van der Waals surface area contributed by atoms with Gasteiger partial charge in [-0.1, -0.05) is 0 Å². The first-order valence-corrected chi connectivity index (χ1v) is 5.94. The molecular formula is C11H19N3O5. The summed E-state index contributed by atoms with van der Waals surface area (Å²) >= 11 is 0. The van der Waals surface area contributed by atoms with Gasteiger partial charge in [0.1, 0.15) is 17.3 Å². The molecule has 0 aromatic rings. The van der Waals surface area contributed by atoms with Crippen molar-refractivity contribution < 1.29 is 24.9 Å². The quantitative estimate of drug-likeness (QED) is 0.397. The van der Waals surface area contributed by atoms with Crippen LogP contribution in [0.25, 0.3) is 0 Å². The van der Waals surface area contributed by atoms with Crippen molar-refractivity contribution in [2.24, 2.45) is 5.73 Å². The van der Waals surface area contributed by atoms with Gasteiger partial charge >= 0.3 is 6.03 Å². The molecule has 1 unspecified atom stereocenters. The van der Waals surface area contributed by atoms with Gasteiger partial charge in [0.05, 0.1) is 12.8 Å². The Bertz CT molecular complexity index is 413. The van der Waals surface area contributed by atoms with Gasteiger partial charge < -0.3 is 31.1 Å².